The van der Waals surface area contributed by atoms with Crippen LogP contribution >= 0.6 is 0 Å². The minimum atomic E-state index is -0.149. The molecule has 0 saturated heterocycles. The van der Waals surface area contributed by atoms with Crippen LogP contribution in [0.25, 0.3) is 0 Å². The number of hydrogen-bond donors (Lipinski definition) is 0. The summed E-state index contributed by atoms with van der Waals surface area (Å²) in [5.74, 6) is 0.651. The fourth-order valence-electron chi connectivity index (χ4n) is 2.93. The molecule has 3 amide bonds. The van der Waals surface area contributed by atoms with E-state index in [1.165, 1.54) is 10.5 Å². The Morgan fingerprint density at radius 2 is 1.79 bits per heavy atom. The summed E-state index contributed by atoms with van der Waals surface area (Å²) in [6.07, 6.45) is 3.14. The highest BCUT2D eigenvalue weighted by molar-refractivity contribution is 5.84. The van der Waals surface area contributed by atoms with Crippen LogP contribution in [0.2, 0.25) is 0 Å². The second-order valence-corrected chi connectivity index (χ2v) is 7.19. The quantitative estimate of drug-likeness (QED) is 0.662. The third-order valence-electron chi connectivity index (χ3n) is 4.85. The van der Waals surface area contributed by atoms with Crippen LogP contribution in [0.5, 0.6) is 0 Å². The maximum absolute atomic E-state index is 13.1. The Hall–Kier alpha value is -2.76. The van der Waals surface area contributed by atoms with E-state index in [4.69, 9.17) is 4.42 Å². The van der Waals surface area contributed by atoms with Crippen molar-refractivity contribution in [1.82, 2.24) is 14.7 Å². The van der Waals surface area contributed by atoms with Crippen LogP contribution in [0.3, 0.4) is 0 Å². The lowest BCUT2D eigenvalue weighted by Crippen LogP contribution is -2.50. The summed E-state index contributed by atoms with van der Waals surface area (Å²) in [7, 11) is 3.41. The Balaban J connectivity index is 2.12. The molecule has 0 bridgehead atoms. The molecule has 2 aromatic rings. The maximum atomic E-state index is 13.1. The number of nitrogens with zero attached hydrogens (tertiary/aromatic N) is 3. The predicted octanol–water partition coefficient (Wildman–Crippen LogP) is 3.63. The molecule has 6 nitrogen and oxygen atoms in total. The predicted molar refractivity (Wildman–Crippen MR) is 110 cm³/mol. The van der Waals surface area contributed by atoms with Crippen molar-refractivity contribution < 1.29 is 14.0 Å². The SMILES string of the molecule is CC[C@@H](C)N(CC(=O)N(CCc1ccccc1)Cc1ccco1)C(=O)N(C)C. The third kappa shape index (κ3) is 6.15. The minimum Gasteiger partial charge on any atom is -0.467 e. The van der Waals surface area contributed by atoms with Gasteiger partial charge in [-0.2, -0.15) is 0 Å². The molecule has 28 heavy (non-hydrogen) atoms. The van der Waals surface area contributed by atoms with Crippen LogP contribution < -0.4 is 0 Å². The van der Waals surface area contributed by atoms with Crippen LogP contribution in [0.1, 0.15) is 31.6 Å². The van der Waals surface area contributed by atoms with E-state index in [0.29, 0.717) is 13.1 Å². The Kier molecular flexibility index (Phi) is 8.11. The molecule has 0 aliphatic carbocycles. The van der Waals surface area contributed by atoms with E-state index in [-0.39, 0.29) is 24.5 Å². The summed E-state index contributed by atoms with van der Waals surface area (Å²) in [6, 6.07) is 13.6. The first-order valence-corrected chi connectivity index (χ1v) is 9.74. The van der Waals surface area contributed by atoms with Crippen molar-refractivity contribution in [3.63, 3.8) is 0 Å². The van der Waals surface area contributed by atoms with Gasteiger partial charge in [0.1, 0.15) is 12.3 Å². The molecule has 0 unspecified atom stereocenters. The summed E-state index contributed by atoms with van der Waals surface area (Å²) < 4.78 is 5.44. The molecule has 152 valence electrons. The molecule has 0 aliphatic heterocycles. The number of carbonyl (C=O) groups excluding carboxylic acids is 2. The summed E-state index contributed by atoms with van der Waals surface area (Å²) >= 11 is 0. The number of rotatable bonds is 9. The first-order chi connectivity index (χ1) is 13.4. The van der Waals surface area contributed by atoms with Crippen LogP contribution in [0.4, 0.5) is 4.79 Å². The van der Waals surface area contributed by atoms with E-state index >= 15 is 0 Å². The van der Waals surface area contributed by atoms with Gasteiger partial charge in [0.2, 0.25) is 5.91 Å². The number of urea groups is 1. The van der Waals surface area contributed by atoms with Crippen LogP contribution in [-0.2, 0) is 17.8 Å². The largest absolute Gasteiger partial charge is 0.467 e. The lowest BCUT2D eigenvalue weighted by atomic mass is 10.1. The van der Waals surface area contributed by atoms with Gasteiger partial charge in [0, 0.05) is 26.7 Å². The van der Waals surface area contributed by atoms with Gasteiger partial charge in [-0.05, 0) is 37.5 Å². The number of amides is 3. The monoisotopic (exact) mass is 385 g/mol. The molecular weight excluding hydrogens is 354 g/mol. The van der Waals surface area contributed by atoms with Crippen molar-refractivity contribution in [2.24, 2.45) is 0 Å². The van der Waals surface area contributed by atoms with Crippen LogP contribution in [0, 0.1) is 0 Å². The zero-order chi connectivity index (χ0) is 20.5. The van der Waals surface area contributed by atoms with Gasteiger partial charge < -0.3 is 19.1 Å². The van der Waals surface area contributed by atoms with E-state index in [2.05, 4.69) is 12.1 Å². The van der Waals surface area contributed by atoms with Crippen molar-refractivity contribution in [2.45, 2.75) is 39.3 Å². The van der Waals surface area contributed by atoms with Crippen molar-refractivity contribution >= 4 is 11.9 Å². The molecule has 0 aliphatic rings. The number of furan rings is 1. The van der Waals surface area contributed by atoms with Crippen LogP contribution in [0.15, 0.2) is 53.1 Å². The van der Waals surface area contributed by atoms with Crippen molar-refractivity contribution in [2.75, 3.05) is 27.2 Å². The summed E-state index contributed by atoms with van der Waals surface area (Å²) in [5.41, 5.74) is 1.17. The van der Waals surface area contributed by atoms with Crippen molar-refractivity contribution in [3.8, 4) is 0 Å². The zero-order valence-electron chi connectivity index (χ0n) is 17.3. The minimum absolute atomic E-state index is 0.0153. The Bertz CT molecular complexity index is 729. The molecular formula is C22H31N3O3. The summed E-state index contributed by atoms with van der Waals surface area (Å²) in [5, 5.41) is 0. The molecule has 1 atom stereocenters. The normalized spacial score (nSPS) is 11.7. The van der Waals surface area contributed by atoms with Gasteiger partial charge in [-0.15, -0.1) is 0 Å². The highest BCUT2D eigenvalue weighted by Crippen LogP contribution is 2.12. The lowest BCUT2D eigenvalue weighted by Gasteiger charge is -2.32. The Morgan fingerprint density at radius 3 is 2.36 bits per heavy atom. The average molecular weight is 386 g/mol. The second-order valence-electron chi connectivity index (χ2n) is 7.19. The fourth-order valence-corrected chi connectivity index (χ4v) is 2.93. The van der Waals surface area contributed by atoms with E-state index in [1.54, 1.807) is 30.2 Å². The smallest absolute Gasteiger partial charge is 0.320 e. The Labute approximate surface area is 167 Å². The van der Waals surface area contributed by atoms with Crippen molar-refractivity contribution in [3.05, 3.63) is 60.1 Å². The van der Waals surface area contributed by atoms with Gasteiger partial charge in [0.25, 0.3) is 0 Å². The third-order valence-corrected chi connectivity index (χ3v) is 4.85. The molecule has 1 aromatic heterocycles. The van der Waals surface area contributed by atoms with Gasteiger partial charge >= 0.3 is 6.03 Å². The molecule has 0 radical (unpaired) electrons. The average Bonchev–Trinajstić information content (AvgIpc) is 3.21. The van der Waals surface area contributed by atoms with Crippen molar-refractivity contribution in [1.29, 1.82) is 0 Å². The van der Waals surface area contributed by atoms with Crippen LogP contribution in [-0.4, -0.2) is 59.9 Å². The van der Waals surface area contributed by atoms with Gasteiger partial charge in [-0.1, -0.05) is 37.3 Å². The first kappa shape index (κ1) is 21.5. The van der Waals surface area contributed by atoms with E-state index in [1.807, 2.05) is 44.2 Å². The van der Waals surface area contributed by atoms with Gasteiger partial charge in [0.05, 0.1) is 12.8 Å². The highest BCUT2D eigenvalue weighted by Gasteiger charge is 2.26. The van der Waals surface area contributed by atoms with E-state index < -0.39 is 0 Å². The number of carbonyl (C=O) groups is 2. The number of hydrogen-bond acceptors (Lipinski definition) is 3. The summed E-state index contributed by atoms with van der Waals surface area (Å²) in [6.45, 7) is 5.00. The van der Waals surface area contributed by atoms with E-state index in [9.17, 15) is 9.59 Å². The molecule has 6 heteroatoms. The second kappa shape index (κ2) is 10.5. The first-order valence-electron chi connectivity index (χ1n) is 9.74. The molecule has 0 N–H and O–H groups in total. The standard InChI is InChI=1S/C22H31N3O3/c1-5-18(2)25(22(27)23(3)4)17-21(26)24(16-20-12-9-15-28-20)14-13-19-10-7-6-8-11-19/h6-12,15,18H,5,13-14,16-17H2,1-4H3/t18-/m1/s1. The molecule has 2 rings (SSSR count). The van der Waals surface area contributed by atoms with E-state index in [0.717, 1.165) is 18.6 Å². The van der Waals surface area contributed by atoms with Gasteiger partial charge in [-0.3, -0.25) is 4.79 Å². The molecule has 1 heterocycles. The lowest BCUT2D eigenvalue weighted by molar-refractivity contribution is -0.133. The zero-order valence-corrected chi connectivity index (χ0v) is 17.3. The Morgan fingerprint density at radius 1 is 1.07 bits per heavy atom. The molecule has 0 spiro atoms. The molecule has 0 saturated carbocycles. The topological polar surface area (TPSA) is 57.0 Å². The van der Waals surface area contributed by atoms with Gasteiger partial charge in [0.15, 0.2) is 0 Å². The number of benzene rings is 1. The van der Waals surface area contributed by atoms with Gasteiger partial charge in [-0.25, -0.2) is 4.79 Å². The molecule has 0 fully saturated rings. The highest BCUT2D eigenvalue weighted by atomic mass is 16.3. The molecule has 1 aromatic carbocycles. The summed E-state index contributed by atoms with van der Waals surface area (Å²) in [4.78, 5) is 30.6. The fraction of sp³-hybridized carbons (Fsp3) is 0.455. The maximum Gasteiger partial charge on any atom is 0.320 e.